The van der Waals surface area contributed by atoms with Crippen LogP contribution in [0, 0.1) is 0 Å². The van der Waals surface area contributed by atoms with Crippen LogP contribution in [-0.2, 0) is 19.1 Å². The number of alkyl carbamates (subject to hydrolysis) is 1. The second-order valence-corrected chi connectivity index (χ2v) is 9.51. The Morgan fingerprint density at radius 2 is 1.67 bits per heavy atom. The maximum Gasteiger partial charge on any atom is 0.407 e. The van der Waals surface area contributed by atoms with Crippen molar-refractivity contribution in [3.63, 3.8) is 0 Å². The molecule has 2 aromatic carbocycles. The zero-order valence-electron chi connectivity index (χ0n) is 20.4. The average Bonchev–Trinajstić information content (AvgIpc) is 3.19. The molecule has 10 heteroatoms. The van der Waals surface area contributed by atoms with Crippen molar-refractivity contribution in [3.8, 4) is 11.1 Å². The van der Waals surface area contributed by atoms with Gasteiger partial charge in [0.05, 0.1) is 12.3 Å². The van der Waals surface area contributed by atoms with Crippen LogP contribution in [0.15, 0.2) is 48.5 Å². The summed E-state index contributed by atoms with van der Waals surface area (Å²) >= 11 is 1.06. The van der Waals surface area contributed by atoms with E-state index in [1.165, 1.54) is 11.9 Å². The van der Waals surface area contributed by atoms with Crippen LogP contribution in [0.25, 0.3) is 11.1 Å². The SMILES string of the molecule is CCCNC(=O)CN(C)C(=O)CSCC(NC(=O)OCC1c2ccccc2-c2ccccc21)C(=O)O. The predicted octanol–water partition coefficient (Wildman–Crippen LogP) is 2.70. The summed E-state index contributed by atoms with van der Waals surface area (Å²) in [6, 6.07) is 14.6. The second kappa shape index (κ2) is 13.0. The lowest BCUT2D eigenvalue weighted by Crippen LogP contribution is -2.43. The largest absolute Gasteiger partial charge is 0.480 e. The second-order valence-electron chi connectivity index (χ2n) is 8.48. The Labute approximate surface area is 214 Å². The van der Waals surface area contributed by atoms with E-state index >= 15 is 0 Å². The molecule has 1 aliphatic carbocycles. The van der Waals surface area contributed by atoms with Gasteiger partial charge in [-0.05, 0) is 28.7 Å². The number of carbonyl (C=O) groups excluding carboxylic acids is 3. The van der Waals surface area contributed by atoms with Gasteiger partial charge in [0.2, 0.25) is 11.8 Å². The molecular formula is C26H31N3O6S. The Morgan fingerprint density at radius 1 is 1.06 bits per heavy atom. The highest BCUT2D eigenvalue weighted by molar-refractivity contribution is 8.00. The zero-order valence-corrected chi connectivity index (χ0v) is 21.2. The molecule has 2 aromatic rings. The quantitative estimate of drug-likeness (QED) is 0.399. The molecule has 3 N–H and O–H groups in total. The van der Waals surface area contributed by atoms with Crippen LogP contribution in [0.1, 0.15) is 30.4 Å². The lowest BCUT2D eigenvalue weighted by atomic mass is 9.98. The number of carboxylic acids is 1. The molecule has 9 nitrogen and oxygen atoms in total. The summed E-state index contributed by atoms with van der Waals surface area (Å²) < 4.78 is 5.42. The Hall–Kier alpha value is -3.53. The summed E-state index contributed by atoms with van der Waals surface area (Å²) in [4.78, 5) is 49.4. The van der Waals surface area contributed by atoms with Crippen LogP contribution in [0.5, 0.6) is 0 Å². The molecule has 0 aliphatic heterocycles. The number of carboxylic acid groups (broad SMARTS) is 1. The molecule has 0 heterocycles. The first kappa shape index (κ1) is 27.1. The fraction of sp³-hybridized carbons (Fsp3) is 0.385. The van der Waals surface area contributed by atoms with E-state index in [9.17, 15) is 24.3 Å². The third kappa shape index (κ3) is 7.00. The van der Waals surface area contributed by atoms with Crippen molar-refractivity contribution >= 4 is 35.6 Å². The Bertz CT molecular complexity index is 1060. The summed E-state index contributed by atoms with van der Waals surface area (Å²) in [6.07, 6.45) is -0.0344. The summed E-state index contributed by atoms with van der Waals surface area (Å²) in [5, 5.41) is 14.6. The first-order chi connectivity index (χ1) is 17.3. The summed E-state index contributed by atoms with van der Waals surface area (Å²) in [5.41, 5.74) is 4.31. The number of hydrogen-bond acceptors (Lipinski definition) is 6. The first-order valence-corrected chi connectivity index (χ1v) is 12.9. The van der Waals surface area contributed by atoms with E-state index in [1.54, 1.807) is 0 Å². The van der Waals surface area contributed by atoms with E-state index in [0.717, 1.165) is 40.4 Å². The number of fused-ring (bicyclic) bond motifs is 3. The molecule has 3 rings (SSSR count). The molecule has 192 valence electrons. The van der Waals surface area contributed by atoms with E-state index in [2.05, 4.69) is 10.6 Å². The van der Waals surface area contributed by atoms with Gasteiger partial charge in [0.1, 0.15) is 12.6 Å². The molecule has 0 saturated heterocycles. The number of likely N-dealkylation sites (N-methyl/N-ethyl adjacent to an activating group) is 1. The van der Waals surface area contributed by atoms with Gasteiger partial charge in [-0.3, -0.25) is 9.59 Å². The molecule has 1 aliphatic rings. The molecule has 0 fully saturated rings. The molecule has 0 bridgehead atoms. The van der Waals surface area contributed by atoms with E-state index in [0.29, 0.717) is 6.54 Å². The topological polar surface area (TPSA) is 125 Å². The van der Waals surface area contributed by atoms with Crippen LogP contribution in [-0.4, -0.2) is 78.2 Å². The minimum Gasteiger partial charge on any atom is -0.480 e. The van der Waals surface area contributed by atoms with Crippen molar-refractivity contribution in [1.82, 2.24) is 15.5 Å². The molecule has 3 amide bonds. The molecule has 0 spiro atoms. The third-order valence-corrected chi connectivity index (χ3v) is 6.84. The highest BCUT2D eigenvalue weighted by Crippen LogP contribution is 2.44. The van der Waals surface area contributed by atoms with Crippen LogP contribution in [0.4, 0.5) is 4.79 Å². The number of carbonyl (C=O) groups is 4. The lowest BCUT2D eigenvalue weighted by Gasteiger charge is -2.18. The van der Waals surface area contributed by atoms with Crippen molar-refractivity contribution < 1.29 is 29.0 Å². The molecule has 0 aromatic heterocycles. The Kier molecular flexibility index (Phi) is 9.75. The molecule has 0 radical (unpaired) electrons. The maximum absolute atomic E-state index is 12.4. The Morgan fingerprint density at radius 3 is 2.25 bits per heavy atom. The van der Waals surface area contributed by atoms with E-state index in [-0.39, 0.29) is 42.4 Å². The smallest absolute Gasteiger partial charge is 0.407 e. The predicted molar refractivity (Wildman–Crippen MR) is 138 cm³/mol. The molecule has 0 saturated carbocycles. The number of rotatable bonds is 12. The normalized spacial score (nSPS) is 12.7. The summed E-state index contributed by atoms with van der Waals surface area (Å²) in [6.45, 7) is 2.47. The van der Waals surface area contributed by atoms with Crippen molar-refractivity contribution in [2.24, 2.45) is 0 Å². The number of nitrogens with zero attached hydrogens (tertiary/aromatic N) is 1. The van der Waals surface area contributed by atoms with Gasteiger partial charge in [-0.15, -0.1) is 11.8 Å². The van der Waals surface area contributed by atoms with E-state index < -0.39 is 18.1 Å². The number of aliphatic carboxylic acids is 1. The highest BCUT2D eigenvalue weighted by atomic mass is 32.2. The van der Waals surface area contributed by atoms with Gasteiger partial charge in [0.25, 0.3) is 0 Å². The number of thioether (sulfide) groups is 1. The van der Waals surface area contributed by atoms with Gasteiger partial charge in [-0.1, -0.05) is 55.5 Å². The zero-order chi connectivity index (χ0) is 26.1. The van der Waals surface area contributed by atoms with E-state index in [4.69, 9.17) is 4.74 Å². The summed E-state index contributed by atoms with van der Waals surface area (Å²) in [5.74, 6) is -1.97. The van der Waals surface area contributed by atoms with Crippen LogP contribution >= 0.6 is 11.8 Å². The molecule has 36 heavy (non-hydrogen) atoms. The molecule has 1 unspecified atom stereocenters. The number of amides is 3. The minimum absolute atomic E-state index is 0.0201. The fourth-order valence-electron chi connectivity index (χ4n) is 3.96. The van der Waals surface area contributed by atoms with Gasteiger partial charge in [0, 0.05) is 25.3 Å². The standard InChI is InChI=1S/C26H31N3O6S/c1-3-12-27-23(30)13-29(2)24(31)16-36-15-22(25(32)33)28-26(34)35-14-21-19-10-6-4-8-17(19)18-9-5-7-11-20(18)21/h4-11,21-22H,3,12-16H2,1-2H3,(H,27,30)(H,28,34)(H,32,33). The number of benzene rings is 2. The monoisotopic (exact) mass is 513 g/mol. The van der Waals surface area contributed by atoms with Gasteiger partial charge < -0.3 is 25.4 Å². The van der Waals surface area contributed by atoms with Crippen molar-refractivity contribution in [1.29, 1.82) is 0 Å². The number of nitrogens with one attached hydrogen (secondary N) is 2. The highest BCUT2D eigenvalue weighted by Gasteiger charge is 2.30. The van der Waals surface area contributed by atoms with Gasteiger partial charge in [0.15, 0.2) is 0 Å². The van der Waals surface area contributed by atoms with Crippen molar-refractivity contribution in [3.05, 3.63) is 59.7 Å². The minimum atomic E-state index is -1.23. The van der Waals surface area contributed by atoms with Crippen LogP contribution in [0.2, 0.25) is 0 Å². The van der Waals surface area contributed by atoms with Crippen LogP contribution in [0.3, 0.4) is 0 Å². The molecule has 1 atom stereocenters. The average molecular weight is 514 g/mol. The van der Waals surface area contributed by atoms with Gasteiger partial charge in [-0.25, -0.2) is 9.59 Å². The fourth-order valence-corrected chi connectivity index (χ4v) is 4.93. The van der Waals surface area contributed by atoms with E-state index in [1.807, 2.05) is 55.5 Å². The lowest BCUT2D eigenvalue weighted by molar-refractivity contribution is -0.138. The van der Waals surface area contributed by atoms with Crippen LogP contribution < -0.4 is 10.6 Å². The van der Waals surface area contributed by atoms with Gasteiger partial charge in [-0.2, -0.15) is 0 Å². The Balaban J connectivity index is 1.48. The van der Waals surface area contributed by atoms with Crippen molar-refractivity contribution in [2.75, 3.05) is 38.2 Å². The number of hydrogen-bond donors (Lipinski definition) is 3. The molecular weight excluding hydrogens is 482 g/mol. The number of ether oxygens (including phenoxy) is 1. The van der Waals surface area contributed by atoms with Gasteiger partial charge >= 0.3 is 12.1 Å². The summed E-state index contributed by atoms with van der Waals surface area (Å²) in [7, 11) is 1.51. The van der Waals surface area contributed by atoms with Crippen molar-refractivity contribution in [2.45, 2.75) is 25.3 Å². The maximum atomic E-state index is 12.4. The third-order valence-electron chi connectivity index (χ3n) is 5.82. The first-order valence-electron chi connectivity index (χ1n) is 11.7.